The molecule has 1 saturated heterocycles. The molecule has 4 rings (SSSR count). The molecule has 3 nitrogen and oxygen atoms in total. The number of benzene rings is 3. The normalized spacial score (nSPS) is 16.3. The van der Waals surface area contributed by atoms with Crippen LogP contribution in [0.25, 0.3) is 0 Å². The molecule has 3 aromatic carbocycles. The lowest BCUT2D eigenvalue weighted by molar-refractivity contribution is -0.115. The van der Waals surface area contributed by atoms with Crippen LogP contribution in [0.5, 0.6) is 5.75 Å². The maximum Gasteiger partial charge on any atom is 0.238 e. The first-order valence-corrected chi connectivity index (χ1v) is 11.4. The van der Waals surface area contributed by atoms with Crippen LogP contribution in [0, 0.1) is 6.92 Å². The molecule has 1 atom stereocenters. The fraction of sp³-hybridized carbons (Fsp3) is 0.174. The van der Waals surface area contributed by atoms with Gasteiger partial charge in [0.25, 0.3) is 0 Å². The second-order valence-electron chi connectivity index (χ2n) is 6.86. The van der Waals surface area contributed by atoms with Crippen molar-refractivity contribution in [3.63, 3.8) is 0 Å². The number of rotatable bonds is 5. The molecule has 29 heavy (non-hydrogen) atoms. The van der Waals surface area contributed by atoms with Gasteiger partial charge in [0, 0.05) is 20.7 Å². The number of carbonyl (C=O) groups excluding carboxylic acids is 1. The predicted molar refractivity (Wildman–Crippen MR) is 124 cm³/mol. The topological polar surface area (TPSA) is 29.5 Å². The van der Waals surface area contributed by atoms with Gasteiger partial charge in [-0.3, -0.25) is 9.69 Å². The van der Waals surface area contributed by atoms with Crippen LogP contribution in [0.4, 0.5) is 5.69 Å². The minimum Gasteiger partial charge on any atom is -0.489 e. The first-order chi connectivity index (χ1) is 14.0. The number of ether oxygens (including phenoxy) is 1. The summed E-state index contributed by atoms with van der Waals surface area (Å²) in [5.74, 6) is 1.28. The van der Waals surface area contributed by atoms with Gasteiger partial charge in [0.15, 0.2) is 0 Å². The Bertz CT molecular complexity index is 1020. The number of halogens is 2. The van der Waals surface area contributed by atoms with Gasteiger partial charge in [-0.05, 0) is 55.0 Å². The van der Waals surface area contributed by atoms with Gasteiger partial charge in [0.2, 0.25) is 5.91 Å². The first-order valence-electron chi connectivity index (χ1n) is 9.18. The monoisotopic (exact) mass is 487 g/mol. The molecule has 0 unspecified atom stereocenters. The third-order valence-electron chi connectivity index (χ3n) is 4.73. The van der Waals surface area contributed by atoms with Crippen molar-refractivity contribution >= 4 is 50.9 Å². The zero-order chi connectivity index (χ0) is 20.4. The highest BCUT2D eigenvalue weighted by molar-refractivity contribution is 9.10. The molecular formula is C23H19BrClNO2S. The zero-order valence-corrected chi connectivity index (χ0v) is 18.9. The molecule has 0 aliphatic carbocycles. The van der Waals surface area contributed by atoms with E-state index in [1.165, 1.54) is 5.56 Å². The lowest BCUT2D eigenvalue weighted by Crippen LogP contribution is -2.28. The third kappa shape index (κ3) is 4.63. The number of aryl methyl sites for hydroxylation is 1. The van der Waals surface area contributed by atoms with Crippen molar-refractivity contribution in [1.82, 2.24) is 0 Å². The Morgan fingerprint density at radius 3 is 2.55 bits per heavy atom. The maximum atomic E-state index is 12.7. The van der Waals surface area contributed by atoms with Crippen LogP contribution in [0.3, 0.4) is 0 Å². The van der Waals surface area contributed by atoms with Crippen LogP contribution in [-0.4, -0.2) is 11.7 Å². The van der Waals surface area contributed by atoms with Gasteiger partial charge in [-0.15, -0.1) is 11.8 Å². The average molecular weight is 489 g/mol. The van der Waals surface area contributed by atoms with E-state index in [9.17, 15) is 4.79 Å². The van der Waals surface area contributed by atoms with Crippen molar-refractivity contribution in [2.45, 2.75) is 18.9 Å². The summed E-state index contributed by atoms with van der Waals surface area (Å²) in [5, 5.41) is 0.489. The smallest absolute Gasteiger partial charge is 0.238 e. The highest BCUT2D eigenvalue weighted by atomic mass is 79.9. The summed E-state index contributed by atoms with van der Waals surface area (Å²) in [6, 6.07) is 21.6. The van der Waals surface area contributed by atoms with Crippen molar-refractivity contribution in [2.24, 2.45) is 0 Å². The lowest BCUT2D eigenvalue weighted by atomic mass is 10.1. The Labute approximate surface area is 188 Å². The molecule has 0 radical (unpaired) electrons. The van der Waals surface area contributed by atoms with E-state index in [4.69, 9.17) is 16.3 Å². The lowest BCUT2D eigenvalue weighted by Gasteiger charge is -2.26. The van der Waals surface area contributed by atoms with Crippen molar-refractivity contribution in [2.75, 3.05) is 10.7 Å². The summed E-state index contributed by atoms with van der Waals surface area (Å²) < 4.78 is 7.13. The number of anilines is 1. The Morgan fingerprint density at radius 1 is 1.10 bits per heavy atom. The SMILES string of the molecule is Cc1ccc(COc2ccc(Br)cc2[C@@H]2SCC(=O)N2c2ccc(Cl)cc2)cc1. The molecule has 6 heteroatoms. The van der Waals surface area contributed by atoms with Gasteiger partial charge < -0.3 is 4.74 Å². The quantitative estimate of drug-likeness (QED) is 0.397. The molecule has 0 saturated carbocycles. The van der Waals surface area contributed by atoms with Crippen molar-refractivity contribution in [3.8, 4) is 5.75 Å². The molecular weight excluding hydrogens is 470 g/mol. The fourth-order valence-electron chi connectivity index (χ4n) is 3.22. The number of amides is 1. The Balaban J connectivity index is 1.64. The second-order valence-corrected chi connectivity index (χ2v) is 9.28. The van der Waals surface area contributed by atoms with Gasteiger partial charge in [-0.2, -0.15) is 0 Å². The summed E-state index contributed by atoms with van der Waals surface area (Å²) in [5.41, 5.74) is 4.13. The van der Waals surface area contributed by atoms with E-state index in [1.807, 2.05) is 35.2 Å². The van der Waals surface area contributed by atoms with Crippen LogP contribution in [0.15, 0.2) is 71.2 Å². The average Bonchev–Trinajstić information content (AvgIpc) is 3.10. The molecule has 3 aromatic rings. The Morgan fingerprint density at radius 2 is 1.83 bits per heavy atom. The second kappa shape index (κ2) is 8.82. The minimum atomic E-state index is -0.158. The van der Waals surface area contributed by atoms with Crippen LogP contribution < -0.4 is 9.64 Å². The molecule has 148 valence electrons. The van der Waals surface area contributed by atoms with Crippen molar-refractivity contribution in [3.05, 3.63) is 92.9 Å². The summed E-state index contributed by atoms with van der Waals surface area (Å²) >= 11 is 11.2. The maximum absolute atomic E-state index is 12.7. The Hall–Kier alpha value is -1.95. The molecule has 1 aliphatic heterocycles. The van der Waals surface area contributed by atoms with Gasteiger partial charge in [-0.25, -0.2) is 0 Å². The summed E-state index contributed by atoms with van der Waals surface area (Å²) in [6.45, 7) is 2.54. The Kier molecular flexibility index (Phi) is 6.18. The van der Waals surface area contributed by atoms with E-state index < -0.39 is 0 Å². The zero-order valence-electron chi connectivity index (χ0n) is 15.8. The number of hydrogen-bond acceptors (Lipinski definition) is 3. The van der Waals surface area contributed by atoms with E-state index in [2.05, 4.69) is 47.1 Å². The van der Waals surface area contributed by atoms with E-state index in [0.717, 1.165) is 27.0 Å². The molecule has 0 N–H and O–H groups in total. The number of thioether (sulfide) groups is 1. The molecule has 1 heterocycles. The minimum absolute atomic E-state index is 0.0757. The molecule has 0 aromatic heterocycles. The van der Waals surface area contributed by atoms with E-state index >= 15 is 0 Å². The number of carbonyl (C=O) groups is 1. The molecule has 0 bridgehead atoms. The molecule has 1 amide bonds. The van der Waals surface area contributed by atoms with Gasteiger partial charge in [0.05, 0.1) is 5.75 Å². The first kappa shape index (κ1) is 20.3. The largest absolute Gasteiger partial charge is 0.489 e. The van der Waals surface area contributed by atoms with Crippen molar-refractivity contribution in [1.29, 1.82) is 0 Å². The fourth-order valence-corrected chi connectivity index (χ4v) is 4.92. The predicted octanol–water partition coefficient (Wildman–Crippen LogP) is 6.77. The van der Waals surface area contributed by atoms with E-state index in [-0.39, 0.29) is 11.3 Å². The molecule has 0 spiro atoms. The summed E-state index contributed by atoms with van der Waals surface area (Å²) in [6.07, 6.45) is 0. The molecule has 1 aliphatic rings. The molecule has 1 fully saturated rings. The van der Waals surface area contributed by atoms with Crippen molar-refractivity contribution < 1.29 is 9.53 Å². The van der Waals surface area contributed by atoms with Gasteiger partial charge in [-0.1, -0.05) is 57.4 Å². The van der Waals surface area contributed by atoms with E-state index in [0.29, 0.717) is 17.4 Å². The van der Waals surface area contributed by atoms with Gasteiger partial charge >= 0.3 is 0 Å². The van der Waals surface area contributed by atoms with Crippen LogP contribution in [0.2, 0.25) is 5.02 Å². The third-order valence-corrected chi connectivity index (χ3v) is 6.66. The number of hydrogen-bond donors (Lipinski definition) is 0. The highest BCUT2D eigenvalue weighted by Gasteiger charge is 2.35. The standard InChI is InChI=1S/C23H19BrClNO2S/c1-15-2-4-16(5-3-15)13-28-21-11-6-17(24)12-20(21)23-26(22(27)14-29-23)19-9-7-18(25)8-10-19/h2-12,23H,13-14H2,1H3/t23-/m0/s1. The summed E-state index contributed by atoms with van der Waals surface area (Å²) in [7, 11) is 0. The van der Waals surface area contributed by atoms with Gasteiger partial charge in [0.1, 0.15) is 17.7 Å². The van der Waals surface area contributed by atoms with Crippen LogP contribution in [0.1, 0.15) is 22.1 Å². The number of nitrogens with zero attached hydrogens (tertiary/aromatic N) is 1. The summed E-state index contributed by atoms with van der Waals surface area (Å²) in [4.78, 5) is 14.5. The highest BCUT2D eigenvalue weighted by Crippen LogP contribution is 2.45. The van der Waals surface area contributed by atoms with Crippen LogP contribution >= 0.6 is 39.3 Å². The van der Waals surface area contributed by atoms with E-state index in [1.54, 1.807) is 23.9 Å². The van der Waals surface area contributed by atoms with Crippen LogP contribution in [-0.2, 0) is 11.4 Å².